The van der Waals surface area contributed by atoms with Crippen LogP contribution >= 0.6 is 11.8 Å². The van der Waals surface area contributed by atoms with Crippen molar-refractivity contribution in [3.05, 3.63) is 59.7 Å². The molecule has 0 saturated carbocycles. The number of hydrogen-bond acceptors (Lipinski definition) is 3. The van der Waals surface area contributed by atoms with E-state index < -0.39 is 11.7 Å². The maximum Gasteiger partial charge on any atom is 0.416 e. The van der Waals surface area contributed by atoms with Gasteiger partial charge >= 0.3 is 6.18 Å². The van der Waals surface area contributed by atoms with E-state index >= 15 is 0 Å². The molecular formula is C19H20F3NO2S. The van der Waals surface area contributed by atoms with E-state index in [0.717, 1.165) is 16.7 Å². The number of amides is 1. The number of benzene rings is 2. The number of methoxy groups -OCH3 is 1. The van der Waals surface area contributed by atoms with Crippen molar-refractivity contribution in [2.75, 3.05) is 19.9 Å². The maximum absolute atomic E-state index is 13.0. The molecule has 2 rings (SSSR count). The van der Waals surface area contributed by atoms with Gasteiger partial charge in [-0.2, -0.15) is 13.2 Å². The number of carbonyl (C=O) groups is 1. The van der Waals surface area contributed by atoms with Crippen LogP contribution in [0, 0.1) is 0 Å². The summed E-state index contributed by atoms with van der Waals surface area (Å²) in [5, 5.41) is 0. The third-order valence-electron chi connectivity index (χ3n) is 3.80. The second-order valence-electron chi connectivity index (χ2n) is 5.68. The Balaban J connectivity index is 1.88. The van der Waals surface area contributed by atoms with E-state index in [2.05, 4.69) is 0 Å². The molecule has 0 unspecified atom stereocenters. The van der Waals surface area contributed by atoms with E-state index in [4.69, 9.17) is 4.74 Å². The van der Waals surface area contributed by atoms with Crippen LogP contribution in [0.3, 0.4) is 0 Å². The van der Waals surface area contributed by atoms with Gasteiger partial charge in [-0.05, 0) is 35.9 Å². The Morgan fingerprint density at radius 1 is 1.12 bits per heavy atom. The Kier molecular flexibility index (Phi) is 6.97. The first-order chi connectivity index (χ1) is 12.3. The van der Waals surface area contributed by atoms with Crippen LogP contribution < -0.4 is 4.74 Å². The maximum atomic E-state index is 13.0. The van der Waals surface area contributed by atoms with E-state index in [-0.39, 0.29) is 24.4 Å². The van der Waals surface area contributed by atoms with Gasteiger partial charge in [0.05, 0.1) is 12.7 Å². The van der Waals surface area contributed by atoms with E-state index in [1.165, 1.54) is 35.8 Å². The van der Waals surface area contributed by atoms with Gasteiger partial charge in [0.15, 0.2) is 0 Å². The van der Waals surface area contributed by atoms with Crippen molar-refractivity contribution < 1.29 is 22.7 Å². The van der Waals surface area contributed by atoms with Gasteiger partial charge in [-0.1, -0.05) is 18.2 Å². The summed E-state index contributed by atoms with van der Waals surface area (Å²) < 4.78 is 44.2. The summed E-state index contributed by atoms with van der Waals surface area (Å²) in [7, 11) is 3.11. The topological polar surface area (TPSA) is 29.5 Å². The monoisotopic (exact) mass is 383 g/mol. The fraction of sp³-hybridized carbons (Fsp3) is 0.316. The van der Waals surface area contributed by atoms with Crippen molar-refractivity contribution >= 4 is 17.7 Å². The SMILES string of the molecule is COc1ccc(SCCC(=O)N(C)Cc2ccccc2C(F)(F)F)cc1. The molecule has 0 spiro atoms. The van der Waals surface area contributed by atoms with Gasteiger partial charge in [0.1, 0.15) is 5.75 Å². The average Bonchev–Trinajstić information content (AvgIpc) is 2.61. The van der Waals surface area contributed by atoms with Crippen LogP contribution in [0.2, 0.25) is 0 Å². The smallest absolute Gasteiger partial charge is 0.416 e. The standard InChI is InChI=1S/C19H20F3NO2S/c1-23(13-14-5-3-4-6-17(14)19(20,21)22)18(24)11-12-26-16-9-7-15(25-2)8-10-16/h3-10H,11-13H2,1-2H3. The molecule has 0 radical (unpaired) electrons. The number of hydrogen-bond donors (Lipinski definition) is 0. The molecule has 0 fully saturated rings. The highest BCUT2D eigenvalue weighted by Crippen LogP contribution is 2.32. The summed E-state index contributed by atoms with van der Waals surface area (Å²) in [6.07, 6.45) is -4.17. The predicted molar refractivity (Wildman–Crippen MR) is 96.3 cm³/mol. The minimum absolute atomic E-state index is 0.0677. The molecule has 2 aromatic carbocycles. The molecule has 0 saturated heterocycles. The van der Waals surface area contributed by atoms with Crippen LogP contribution in [0.1, 0.15) is 17.5 Å². The minimum atomic E-state index is -4.43. The number of carbonyl (C=O) groups excluding carboxylic acids is 1. The lowest BCUT2D eigenvalue weighted by molar-refractivity contribution is -0.139. The van der Waals surface area contributed by atoms with Crippen molar-refractivity contribution in [3.63, 3.8) is 0 Å². The van der Waals surface area contributed by atoms with E-state index in [0.29, 0.717) is 5.75 Å². The summed E-state index contributed by atoms with van der Waals surface area (Å²) in [6.45, 7) is -0.0677. The molecule has 0 bridgehead atoms. The number of ether oxygens (including phenoxy) is 1. The molecule has 0 atom stereocenters. The van der Waals surface area contributed by atoms with Gasteiger partial charge in [-0.3, -0.25) is 4.79 Å². The highest BCUT2D eigenvalue weighted by atomic mass is 32.2. The summed E-state index contributed by atoms with van der Waals surface area (Å²) in [5.74, 6) is 1.12. The number of rotatable bonds is 7. The molecule has 0 heterocycles. The lowest BCUT2D eigenvalue weighted by Crippen LogP contribution is -2.27. The molecule has 0 N–H and O–H groups in total. The summed E-state index contributed by atoms with van der Waals surface area (Å²) in [5.41, 5.74) is -0.606. The second kappa shape index (κ2) is 8.98. The van der Waals surface area contributed by atoms with E-state index in [1.54, 1.807) is 13.2 Å². The lowest BCUT2D eigenvalue weighted by Gasteiger charge is -2.20. The Morgan fingerprint density at radius 2 is 1.77 bits per heavy atom. The van der Waals surface area contributed by atoms with Crippen molar-refractivity contribution in [1.29, 1.82) is 0 Å². The summed E-state index contributed by atoms with van der Waals surface area (Å²) in [4.78, 5) is 14.5. The van der Waals surface area contributed by atoms with E-state index in [9.17, 15) is 18.0 Å². The first kappa shape index (κ1) is 20.2. The summed E-state index contributed by atoms with van der Waals surface area (Å²) in [6, 6.07) is 12.8. The number of thioether (sulfide) groups is 1. The third kappa shape index (κ3) is 5.69. The van der Waals surface area contributed by atoms with Crippen LogP contribution in [-0.4, -0.2) is 30.7 Å². The predicted octanol–water partition coefficient (Wildman–Crippen LogP) is 4.85. The van der Waals surface area contributed by atoms with Gasteiger partial charge in [-0.25, -0.2) is 0 Å². The van der Waals surface area contributed by atoms with Gasteiger partial charge in [-0.15, -0.1) is 11.8 Å². The summed E-state index contributed by atoms with van der Waals surface area (Å²) >= 11 is 1.52. The highest BCUT2D eigenvalue weighted by molar-refractivity contribution is 7.99. The molecule has 0 aliphatic heterocycles. The Morgan fingerprint density at radius 3 is 2.38 bits per heavy atom. The van der Waals surface area contributed by atoms with Crippen molar-refractivity contribution in [2.45, 2.75) is 24.0 Å². The van der Waals surface area contributed by atoms with Gasteiger partial charge in [0.25, 0.3) is 0 Å². The van der Waals surface area contributed by atoms with Crippen LogP contribution in [0.25, 0.3) is 0 Å². The fourth-order valence-electron chi connectivity index (χ4n) is 2.40. The van der Waals surface area contributed by atoms with Crippen LogP contribution in [0.4, 0.5) is 13.2 Å². The van der Waals surface area contributed by atoms with Crippen LogP contribution in [0.5, 0.6) is 5.75 Å². The zero-order valence-electron chi connectivity index (χ0n) is 14.5. The highest BCUT2D eigenvalue weighted by Gasteiger charge is 2.33. The largest absolute Gasteiger partial charge is 0.497 e. The minimum Gasteiger partial charge on any atom is -0.497 e. The molecule has 2 aromatic rings. The first-order valence-electron chi connectivity index (χ1n) is 7.97. The molecule has 1 amide bonds. The number of nitrogens with zero attached hydrogens (tertiary/aromatic N) is 1. The third-order valence-corrected chi connectivity index (χ3v) is 4.81. The van der Waals surface area contributed by atoms with Crippen molar-refractivity contribution in [1.82, 2.24) is 4.90 Å². The average molecular weight is 383 g/mol. The quantitative estimate of drug-likeness (QED) is 0.640. The van der Waals surface area contributed by atoms with Gasteiger partial charge < -0.3 is 9.64 Å². The van der Waals surface area contributed by atoms with Crippen LogP contribution in [-0.2, 0) is 17.5 Å². The number of alkyl halides is 3. The second-order valence-corrected chi connectivity index (χ2v) is 6.85. The normalized spacial score (nSPS) is 11.3. The molecule has 0 aliphatic carbocycles. The van der Waals surface area contributed by atoms with Crippen molar-refractivity contribution in [2.24, 2.45) is 0 Å². The first-order valence-corrected chi connectivity index (χ1v) is 8.95. The zero-order chi connectivity index (χ0) is 19.2. The van der Waals surface area contributed by atoms with E-state index in [1.807, 2.05) is 24.3 Å². The Labute approximate surface area is 155 Å². The molecule has 0 aliphatic rings. The zero-order valence-corrected chi connectivity index (χ0v) is 15.4. The van der Waals surface area contributed by atoms with Crippen LogP contribution in [0.15, 0.2) is 53.4 Å². The molecule has 26 heavy (non-hydrogen) atoms. The van der Waals surface area contributed by atoms with Crippen molar-refractivity contribution in [3.8, 4) is 5.75 Å². The molecule has 7 heteroatoms. The molecule has 0 aromatic heterocycles. The lowest BCUT2D eigenvalue weighted by atomic mass is 10.1. The fourth-order valence-corrected chi connectivity index (χ4v) is 3.24. The number of halogens is 3. The molecular weight excluding hydrogens is 363 g/mol. The van der Waals surface area contributed by atoms with Gasteiger partial charge in [0.2, 0.25) is 5.91 Å². The molecule has 140 valence electrons. The molecule has 3 nitrogen and oxygen atoms in total. The Bertz CT molecular complexity index is 732. The van der Waals surface area contributed by atoms with Gasteiger partial charge in [0, 0.05) is 30.7 Å². The Hall–Kier alpha value is -2.15.